The number of nitrogens with zero attached hydrogens (tertiary/aromatic N) is 17. The van der Waals surface area contributed by atoms with Gasteiger partial charge in [-0.3, -0.25) is 9.80 Å². The first-order valence-electron chi connectivity index (χ1n) is 37.9. The molecule has 16 rings (SSSR count). The van der Waals surface area contributed by atoms with Crippen LogP contribution in [0.1, 0.15) is 120 Å². The molecule has 0 aliphatic carbocycles. The Morgan fingerprint density at radius 2 is 0.850 bits per heavy atom. The Morgan fingerprint density at radius 3 is 1.24 bits per heavy atom. The first-order chi connectivity index (χ1) is 53.7. The summed E-state index contributed by atoms with van der Waals surface area (Å²) >= 11 is 0. The first-order valence-corrected chi connectivity index (χ1v) is 35.8. The maximum atomic E-state index is 13.7. The Kier molecular flexibility index (Phi) is 25.3. The second kappa shape index (κ2) is 37.4. The van der Waals surface area contributed by atoms with E-state index in [2.05, 4.69) is 161 Å². The number of aromatic nitrogens is 9. The molecule has 0 saturated carbocycles. The van der Waals surface area contributed by atoms with Crippen LogP contribution in [-0.2, 0) is 50.6 Å². The highest BCUT2D eigenvalue weighted by molar-refractivity contribution is 5.71. The highest BCUT2D eigenvalue weighted by Crippen LogP contribution is 2.34. The minimum atomic E-state index is -0.880. The summed E-state index contributed by atoms with van der Waals surface area (Å²) in [7, 11) is 1.72. The van der Waals surface area contributed by atoms with Gasteiger partial charge in [0.05, 0.1) is 60.0 Å². The first kappa shape index (κ1) is 72.4. The monoisotopic (exact) mass is 1440 g/mol. The number of hydrogen-bond acceptors (Lipinski definition) is 22. The highest BCUT2D eigenvalue weighted by Gasteiger charge is 2.29. The molecule has 4 aromatic carbocycles. The van der Waals surface area contributed by atoms with E-state index >= 15 is 0 Å². The van der Waals surface area contributed by atoms with E-state index in [1.807, 2.05) is 32.9 Å². The molecule has 25 heteroatoms. The third-order valence-corrected chi connectivity index (χ3v) is 18.6. The average Bonchev–Trinajstić information content (AvgIpc) is 1.69. The predicted octanol–water partition coefficient (Wildman–Crippen LogP) is 15.3. The SMILES string of the molecule is COCCN1Cc2ccc(Nc3nccc(-c4cnc(N5CC[C@H](F)C5)c(C#N)c4)n3)cc2C1.N#Cc1cc(-c2ccnc(Nc3ccc4c(c3)CN(Cc3ccccc3)C4)n2)cnc1N1CC[C@H](F)C1.N#Cc1cc(-c2ccnc(Nc3ccc4c(c3)CNC4)n2)cnc1N1CC[C@H](F)C1.[2H]CC.[2H]CC.[2H]CC. The number of hydrogen-bond donors (Lipinski definition) is 4. The van der Waals surface area contributed by atoms with Gasteiger partial charge in [0.2, 0.25) is 17.8 Å². The van der Waals surface area contributed by atoms with Crippen molar-refractivity contribution in [3.05, 3.63) is 214 Å². The van der Waals surface area contributed by atoms with Gasteiger partial charge in [-0.2, -0.15) is 15.8 Å². The van der Waals surface area contributed by atoms with Crippen LogP contribution in [0.15, 0.2) is 159 Å². The predicted molar refractivity (Wildman–Crippen MR) is 414 cm³/mol. The maximum Gasteiger partial charge on any atom is 0.227 e. The van der Waals surface area contributed by atoms with Gasteiger partial charge in [0.1, 0.15) is 54.2 Å². The average molecular weight is 1450 g/mol. The van der Waals surface area contributed by atoms with Crippen molar-refractivity contribution in [1.29, 1.82) is 15.8 Å². The Morgan fingerprint density at radius 1 is 0.477 bits per heavy atom. The van der Waals surface area contributed by atoms with Crippen molar-refractivity contribution in [3.63, 3.8) is 0 Å². The van der Waals surface area contributed by atoms with Crippen LogP contribution in [0.2, 0.25) is 0 Å². The molecule has 107 heavy (non-hydrogen) atoms. The van der Waals surface area contributed by atoms with Crippen molar-refractivity contribution in [2.24, 2.45) is 0 Å². The van der Waals surface area contributed by atoms with Crippen molar-refractivity contribution in [2.45, 2.75) is 125 Å². The molecular formula is C82H90F3N21O. The number of benzene rings is 4. The number of nitrogens with one attached hydrogen (secondary N) is 4. The lowest BCUT2D eigenvalue weighted by atomic mass is 10.1. The molecule has 3 saturated heterocycles. The topological polar surface area (TPSA) is 261 Å². The molecule has 4 N–H and O–H groups in total. The summed E-state index contributed by atoms with van der Waals surface area (Å²) in [5.74, 6) is 2.99. The number of fused-ring (bicyclic) bond motifs is 3. The number of halogens is 3. The van der Waals surface area contributed by atoms with E-state index in [-0.39, 0.29) is 19.6 Å². The lowest BCUT2D eigenvalue weighted by Gasteiger charge is -2.18. The van der Waals surface area contributed by atoms with Gasteiger partial charge in [0.15, 0.2) is 0 Å². The fourth-order valence-electron chi connectivity index (χ4n) is 13.4. The van der Waals surface area contributed by atoms with Gasteiger partial charge in [-0.05, 0) is 131 Å². The number of methoxy groups -OCH3 is 1. The summed E-state index contributed by atoms with van der Waals surface area (Å²) in [5, 5.41) is 42.1. The lowest BCUT2D eigenvalue weighted by Crippen LogP contribution is -2.22. The van der Waals surface area contributed by atoms with E-state index in [0.29, 0.717) is 140 Å². The quantitative estimate of drug-likeness (QED) is 0.0660. The fourth-order valence-corrected chi connectivity index (χ4v) is 13.4. The molecule has 0 radical (unpaired) electrons. The number of alkyl halides is 3. The molecule has 6 aliphatic heterocycles. The number of rotatable bonds is 17. The molecule has 0 bridgehead atoms. The van der Waals surface area contributed by atoms with Crippen molar-refractivity contribution < 1.29 is 22.0 Å². The Bertz CT molecular complexity index is 4850. The molecule has 6 aliphatic rings. The molecule has 0 amide bonds. The van der Waals surface area contributed by atoms with Crippen molar-refractivity contribution in [2.75, 3.05) is 90.2 Å². The third kappa shape index (κ3) is 19.5. The highest BCUT2D eigenvalue weighted by atomic mass is 19.1. The van der Waals surface area contributed by atoms with Crippen LogP contribution in [0.25, 0.3) is 33.8 Å². The molecule has 3 atom stereocenters. The van der Waals surface area contributed by atoms with Crippen LogP contribution >= 0.6 is 0 Å². The molecule has 550 valence electrons. The van der Waals surface area contributed by atoms with Crippen LogP contribution in [0.5, 0.6) is 0 Å². The van der Waals surface area contributed by atoms with Crippen molar-refractivity contribution in [1.82, 2.24) is 60.0 Å². The smallest absolute Gasteiger partial charge is 0.227 e. The van der Waals surface area contributed by atoms with Gasteiger partial charge < -0.3 is 40.7 Å². The molecule has 0 unspecified atom stereocenters. The van der Waals surface area contributed by atoms with Gasteiger partial charge in [-0.15, -0.1) is 0 Å². The molecule has 10 aromatic rings. The molecular weight excluding hydrogens is 1350 g/mol. The zero-order chi connectivity index (χ0) is 77.3. The molecule has 6 aromatic heterocycles. The Labute approximate surface area is 628 Å². The molecule has 0 spiro atoms. The van der Waals surface area contributed by atoms with Gasteiger partial charge >= 0.3 is 0 Å². The van der Waals surface area contributed by atoms with Gasteiger partial charge in [-0.1, -0.05) is 90.0 Å². The van der Waals surface area contributed by atoms with E-state index in [9.17, 15) is 29.0 Å². The number of anilines is 9. The zero-order valence-corrected chi connectivity index (χ0v) is 60.7. The van der Waals surface area contributed by atoms with Gasteiger partial charge in [-0.25, -0.2) is 58.0 Å². The van der Waals surface area contributed by atoms with Crippen LogP contribution in [0.3, 0.4) is 0 Å². The van der Waals surface area contributed by atoms with E-state index in [1.54, 1.807) is 101 Å². The van der Waals surface area contributed by atoms with Crippen molar-refractivity contribution in [3.8, 4) is 52.0 Å². The van der Waals surface area contributed by atoms with Gasteiger partial charge in [0, 0.05) is 154 Å². The molecule has 3 fully saturated rings. The second-order valence-corrected chi connectivity index (χ2v) is 25.7. The fraction of sp³-hybridized carbons (Fsp3) is 0.341. The van der Waals surface area contributed by atoms with E-state index in [4.69, 9.17) is 8.85 Å². The van der Waals surface area contributed by atoms with Gasteiger partial charge in [0.25, 0.3) is 0 Å². The normalized spacial score (nSPS) is 16.9. The zero-order valence-electron chi connectivity index (χ0n) is 63.7. The van der Waals surface area contributed by atoms with Crippen molar-refractivity contribution >= 4 is 52.4 Å². The Balaban J connectivity index is 0.000000156. The minimum absolute atomic E-state index is 0.271. The van der Waals surface area contributed by atoms with Crippen LogP contribution in [0, 0.1) is 34.0 Å². The van der Waals surface area contributed by atoms with E-state index < -0.39 is 18.5 Å². The summed E-state index contributed by atoms with van der Waals surface area (Å²) in [4.78, 5) is 50.6. The molecule has 22 nitrogen and oxygen atoms in total. The Hall–Kier alpha value is -11.5. The standard InChI is InChI=1S/C29H26FN7.C25H26FN7O.C22H20FN7.3C2H6/c30-25-9-11-37(19-25)28-22(14-31)12-23(15-33-28)27-8-10-32-29(35-27)34-26-7-6-21-17-36(18-24(21)13-26)16-20-4-2-1-3-5-20;1-34-9-8-32-14-17-2-3-22(11-20(17)15-32)30-25-28-6-4-23(31-25)19-10-18(12-27)24(29-13-19)33-7-5-21(26)16-33;23-18-4-6-30(13-18)21-15(9-24)7-17(12-27-21)20-3-5-26-22(29-20)28-19-2-1-14-10-25-11-16(14)8-19;3*1-2/h1-8,10,12-13,15,25H,9,11,16-19H2,(H,32,34,35);2-4,6,10-11,13,21H,5,7-9,14-16H2,1H3,(H,28,30,31);1-3,5,7-8,12,18,25H,4,6,10-11,13H2,(H,26,28,29);3*1-2H3/t25-;21-;18-;;;/m000.../s1/i;;;3*1D. The van der Waals surface area contributed by atoms with E-state index in [0.717, 1.165) is 81.6 Å². The third-order valence-electron chi connectivity index (χ3n) is 18.6. The summed E-state index contributed by atoms with van der Waals surface area (Å²) in [6.07, 6.45) is 8.84. The molecule has 12 heterocycles. The summed E-state index contributed by atoms with van der Waals surface area (Å²) in [5.41, 5.74) is 17.3. The summed E-state index contributed by atoms with van der Waals surface area (Å²) in [6.45, 7) is 17.4. The number of nitriles is 3. The van der Waals surface area contributed by atoms with Crippen LogP contribution < -0.4 is 36.0 Å². The lowest BCUT2D eigenvalue weighted by molar-refractivity contribution is 0.147. The number of ether oxygens (including phenoxy) is 1. The van der Waals surface area contributed by atoms with Crippen LogP contribution in [-0.4, -0.2) is 133 Å². The summed E-state index contributed by atoms with van der Waals surface area (Å²) < 4.78 is 64.7. The van der Waals surface area contributed by atoms with Crippen LogP contribution in [0.4, 0.5) is 65.5 Å². The van der Waals surface area contributed by atoms with E-state index in [1.165, 1.54) is 38.9 Å². The minimum Gasteiger partial charge on any atom is -0.383 e. The maximum absolute atomic E-state index is 13.7. The largest absolute Gasteiger partial charge is 0.383 e. The second-order valence-electron chi connectivity index (χ2n) is 25.7. The number of pyridine rings is 3. The summed E-state index contributed by atoms with van der Waals surface area (Å²) in [6, 6.07) is 46.6.